The minimum atomic E-state index is 0.622. The third-order valence-electron chi connectivity index (χ3n) is 3.09. The minimum absolute atomic E-state index is 0.622. The summed E-state index contributed by atoms with van der Waals surface area (Å²) in [6, 6.07) is 11.9. The van der Waals surface area contributed by atoms with E-state index in [0.717, 1.165) is 23.9 Å². The fourth-order valence-electron chi connectivity index (χ4n) is 2.19. The Kier molecular flexibility index (Phi) is 3.24. The predicted molar refractivity (Wildman–Crippen MR) is 72.3 cm³/mol. The standard InChI is InChI=1S/C14H16N3/c1-3-17(4-2)14-10-9-13(16-15)11-7-5-6-8-12(11)14/h5-10H,3-4H2,1-2H3/q+1. The molecule has 0 spiro atoms. The molecule has 2 aromatic rings. The van der Waals surface area contributed by atoms with E-state index in [4.69, 9.17) is 5.39 Å². The van der Waals surface area contributed by atoms with Crippen molar-refractivity contribution in [2.45, 2.75) is 13.8 Å². The van der Waals surface area contributed by atoms with E-state index in [1.54, 1.807) is 0 Å². The van der Waals surface area contributed by atoms with Crippen molar-refractivity contribution in [1.29, 1.82) is 5.39 Å². The van der Waals surface area contributed by atoms with Crippen molar-refractivity contribution in [1.82, 2.24) is 0 Å². The van der Waals surface area contributed by atoms with Crippen LogP contribution in [-0.4, -0.2) is 13.1 Å². The summed E-state index contributed by atoms with van der Waals surface area (Å²) in [5.74, 6) is 0. The van der Waals surface area contributed by atoms with Crippen molar-refractivity contribution in [3.05, 3.63) is 41.4 Å². The molecule has 2 rings (SSSR count). The van der Waals surface area contributed by atoms with Gasteiger partial charge < -0.3 is 4.90 Å². The zero-order valence-corrected chi connectivity index (χ0v) is 10.2. The maximum absolute atomic E-state index is 8.99. The molecule has 0 N–H and O–H groups in total. The highest BCUT2D eigenvalue weighted by Crippen LogP contribution is 2.33. The van der Waals surface area contributed by atoms with Gasteiger partial charge in [0, 0.05) is 30.2 Å². The van der Waals surface area contributed by atoms with Gasteiger partial charge in [0.25, 0.3) is 0 Å². The summed E-state index contributed by atoms with van der Waals surface area (Å²) in [5.41, 5.74) is 1.81. The van der Waals surface area contributed by atoms with Gasteiger partial charge in [-0.25, -0.2) is 0 Å². The first-order valence-corrected chi connectivity index (χ1v) is 5.93. The molecule has 0 atom stereocenters. The van der Waals surface area contributed by atoms with Crippen molar-refractivity contribution in [3.8, 4) is 0 Å². The molecule has 0 bridgehead atoms. The summed E-state index contributed by atoms with van der Waals surface area (Å²) in [6.45, 7) is 6.22. The highest BCUT2D eigenvalue weighted by atomic mass is 15.1. The molecule has 0 aliphatic heterocycles. The molecule has 0 radical (unpaired) electrons. The number of rotatable bonds is 3. The molecule has 17 heavy (non-hydrogen) atoms. The summed E-state index contributed by atoms with van der Waals surface area (Å²) in [7, 11) is 0. The van der Waals surface area contributed by atoms with Gasteiger partial charge in [0.15, 0.2) is 4.98 Å². The van der Waals surface area contributed by atoms with E-state index in [-0.39, 0.29) is 0 Å². The van der Waals surface area contributed by atoms with Gasteiger partial charge >= 0.3 is 5.69 Å². The molecule has 0 heterocycles. The summed E-state index contributed by atoms with van der Waals surface area (Å²) in [5, 5.41) is 11.1. The Morgan fingerprint density at radius 2 is 1.65 bits per heavy atom. The summed E-state index contributed by atoms with van der Waals surface area (Å²) in [6.07, 6.45) is 0. The van der Waals surface area contributed by atoms with Gasteiger partial charge in [-0.2, -0.15) is 0 Å². The molecule has 86 valence electrons. The van der Waals surface area contributed by atoms with Gasteiger partial charge in [-0.3, -0.25) is 0 Å². The van der Waals surface area contributed by atoms with Gasteiger partial charge in [0.1, 0.15) is 0 Å². The molecular weight excluding hydrogens is 210 g/mol. The first kappa shape index (κ1) is 11.4. The van der Waals surface area contributed by atoms with Gasteiger partial charge in [-0.15, -0.1) is 0 Å². The lowest BCUT2D eigenvalue weighted by Gasteiger charge is -2.22. The number of anilines is 1. The zero-order chi connectivity index (χ0) is 12.3. The Hall–Kier alpha value is -2.08. The smallest absolute Gasteiger partial charge is 0.372 e. The summed E-state index contributed by atoms with van der Waals surface area (Å²) in [4.78, 5) is 5.63. The first-order chi connectivity index (χ1) is 8.31. The molecule has 0 aliphatic rings. The summed E-state index contributed by atoms with van der Waals surface area (Å²) >= 11 is 0. The van der Waals surface area contributed by atoms with E-state index in [0.29, 0.717) is 5.69 Å². The van der Waals surface area contributed by atoms with Crippen molar-refractivity contribution in [2.24, 2.45) is 0 Å². The Bertz CT molecular complexity index is 565. The van der Waals surface area contributed by atoms with Crippen molar-refractivity contribution < 1.29 is 0 Å². The molecule has 0 aromatic heterocycles. The van der Waals surface area contributed by atoms with Crippen LogP contribution in [0.2, 0.25) is 0 Å². The second-order valence-electron chi connectivity index (χ2n) is 3.92. The number of benzene rings is 2. The van der Waals surface area contributed by atoms with E-state index in [2.05, 4.69) is 29.8 Å². The lowest BCUT2D eigenvalue weighted by Crippen LogP contribution is -2.21. The van der Waals surface area contributed by atoms with Crippen molar-refractivity contribution in [2.75, 3.05) is 18.0 Å². The lowest BCUT2D eigenvalue weighted by atomic mass is 10.1. The molecule has 3 nitrogen and oxygen atoms in total. The third kappa shape index (κ3) is 1.94. The monoisotopic (exact) mass is 226 g/mol. The van der Waals surface area contributed by atoms with Crippen LogP contribution in [0.1, 0.15) is 13.8 Å². The number of fused-ring (bicyclic) bond motifs is 1. The van der Waals surface area contributed by atoms with Gasteiger partial charge in [-0.05, 0) is 26.0 Å². The second kappa shape index (κ2) is 4.84. The molecule has 0 saturated heterocycles. The van der Waals surface area contributed by atoms with E-state index in [9.17, 15) is 0 Å². The highest BCUT2D eigenvalue weighted by Gasteiger charge is 2.15. The van der Waals surface area contributed by atoms with E-state index >= 15 is 0 Å². The molecule has 2 aromatic carbocycles. The number of hydrogen-bond donors (Lipinski definition) is 0. The molecular formula is C14H16N3+. The van der Waals surface area contributed by atoms with E-state index in [1.807, 2.05) is 30.3 Å². The van der Waals surface area contributed by atoms with Gasteiger partial charge in [0.05, 0.1) is 5.39 Å². The van der Waals surface area contributed by atoms with Gasteiger partial charge in [-0.1, -0.05) is 18.2 Å². The minimum Gasteiger partial charge on any atom is -0.372 e. The van der Waals surface area contributed by atoms with Gasteiger partial charge in [0.2, 0.25) is 5.39 Å². The normalized spacial score (nSPS) is 10.2. The third-order valence-corrected chi connectivity index (χ3v) is 3.09. The quantitative estimate of drug-likeness (QED) is 0.735. The van der Waals surface area contributed by atoms with Crippen LogP contribution in [0.25, 0.3) is 15.7 Å². The summed E-state index contributed by atoms with van der Waals surface area (Å²) < 4.78 is 0. The SMILES string of the molecule is CCN(CC)c1ccc([N+]#N)c2ccccc12. The topological polar surface area (TPSA) is 31.4 Å². The van der Waals surface area contributed by atoms with Crippen LogP contribution in [0.4, 0.5) is 11.4 Å². The number of diazo groups is 1. The van der Waals surface area contributed by atoms with Crippen LogP contribution in [0.5, 0.6) is 0 Å². The fourth-order valence-corrected chi connectivity index (χ4v) is 2.19. The van der Waals surface area contributed by atoms with E-state index in [1.165, 1.54) is 5.69 Å². The number of hydrogen-bond acceptors (Lipinski definition) is 2. The predicted octanol–water partition coefficient (Wildman–Crippen LogP) is 4.17. The Labute approximate surface area is 101 Å². The van der Waals surface area contributed by atoms with Crippen LogP contribution in [0, 0.1) is 5.39 Å². The average molecular weight is 226 g/mol. The largest absolute Gasteiger partial charge is 0.392 e. The first-order valence-electron chi connectivity index (χ1n) is 5.93. The lowest BCUT2D eigenvalue weighted by molar-refractivity contribution is 0.871. The molecule has 0 amide bonds. The second-order valence-corrected chi connectivity index (χ2v) is 3.92. The van der Waals surface area contributed by atoms with Crippen LogP contribution in [0.15, 0.2) is 36.4 Å². The molecule has 0 aliphatic carbocycles. The Balaban J connectivity index is 2.71. The molecule has 3 heteroatoms. The van der Waals surface area contributed by atoms with Crippen LogP contribution in [0.3, 0.4) is 0 Å². The van der Waals surface area contributed by atoms with Crippen molar-refractivity contribution in [3.63, 3.8) is 0 Å². The zero-order valence-electron chi connectivity index (χ0n) is 10.2. The van der Waals surface area contributed by atoms with Crippen LogP contribution >= 0.6 is 0 Å². The van der Waals surface area contributed by atoms with Crippen LogP contribution in [-0.2, 0) is 0 Å². The molecule has 0 saturated carbocycles. The average Bonchev–Trinajstić information content (AvgIpc) is 2.40. The molecule has 0 unspecified atom stereocenters. The Morgan fingerprint density at radius 1 is 1.00 bits per heavy atom. The fraction of sp³-hybridized carbons (Fsp3) is 0.286. The van der Waals surface area contributed by atoms with Crippen LogP contribution < -0.4 is 4.90 Å². The number of nitrogens with zero attached hydrogens (tertiary/aromatic N) is 3. The molecule has 0 fully saturated rings. The highest BCUT2D eigenvalue weighted by molar-refractivity contribution is 6.02. The maximum Gasteiger partial charge on any atom is 0.392 e. The van der Waals surface area contributed by atoms with E-state index < -0.39 is 0 Å². The maximum atomic E-state index is 8.99. The van der Waals surface area contributed by atoms with Crippen molar-refractivity contribution >= 4 is 22.1 Å². The Morgan fingerprint density at radius 3 is 2.24 bits per heavy atom.